The lowest BCUT2D eigenvalue weighted by molar-refractivity contribution is 0.244. The van der Waals surface area contributed by atoms with Gasteiger partial charge in [0.25, 0.3) is 0 Å². The molecule has 1 aromatic heterocycles. The van der Waals surface area contributed by atoms with Gasteiger partial charge < -0.3 is 10.1 Å². The van der Waals surface area contributed by atoms with Crippen molar-refractivity contribution in [3.8, 4) is 5.69 Å². The van der Waals surface area contributed by atoms with Crippen LogP contribution in [-0.4, -0.2) is 28.1 Å². The van der Waals surface area contributed by atoms with Crippen LogP contribution in [0.4, 0.5) is 0 Å². The first-order valence-corrected chi connectivity index (χ1v) is 6.30. The van der Waals surface area contributed by atoms with Crippen LogP contribution in [0.25, 0.3) is 5.69 Å². The number of ether oxygens (including phenoxy) is 1. The maximum Gasteiger partial charge on any atom is 0.0969 e. The molecule has 0 aliphatic heterocycles. The highest BCUT2D eigenvalue weighted by Crippen LogP contribution is 2.03. The fourth-order valence-electron chi connectivity index (χ4n) is 1.64. The van der Waals surface area contributed by atoms with Gasteiger partial charge in [0, 0.05) is 6.54 Å². The first kappa shape index (κ1) is 13.3. The Morgan fingerprint density at radius 1 is 1.32 bits per heavy atom. The van der Waals surface area contributed by atoms with Crippen molar-refractivity contribution >= 4 is 0 Å². The molecule has 2 rings (SSSR count). The van der Waals surface area contributed by atoms with Gasteiger partial charge in [0.1, 0.15) is 0 Å². The topological polar surface area (TPSA) is 52.0 Å². The highest BCUT2D eigenvalue weighted by Gasteiger charge is 2.01. The molecule has 0 atom stereocenters. The van der Waals surface area contributed by atoms with E-state index in [1.54, 1.807) is 11.0 Å². The highest BCUT2D eigenvalue weighted by atomic mass is 16.5. The van der Waals surface area contributed by atoms with E-state index >= 15 is 0 Å². The van der Waals surface area contributed by atoms with Crippen LogP contribution >= 0.6 is 0 Å². The van der Waals surface area contributed by atoms with Crippen molar-refractivity contribution in [2.75, 3.05) is 13.2 Å². The van der Waals surface area contributed by atoms with Crippen molar-refractivity contribution < 1.29 is 4.74 Å². The molecule has 100 valence electrons. The smallest absolute Gasteiger partial charge is 0.0969 e. The molecule has 1 N–H and O–H groups in total. The number of hydrogen-bond donors (Lipinski definition) is 1. The molecule has 5 nitrogen and oxygen atoms in total. The highest BCUT2D eigenvalue weighted by molar-refractivity contribution is 5.28. The van der Waals surface area contributed by atoms with E-state index in [1.807, 2.05) is 30.3 Å². The lowest BCUT2D eigenvalue weighted by Crippen LogP contribution is -2.16. The molecule has 5 heteroatoms. The molecule has 2 aromatic rings. The molecular formula is C14H18N4O. The Bertz CT molecular complexity index is 495. The van der Waals surface area contributed by atoms with Crippen LogP contribution in [0.3, 0.4) is 0 Å². The number of nitrogens with zero attached hydrogens (tertiary/aromatic N) is 3. The number of hydrogen-bond acceptors (Lipinski definition) is 4. The Morgan fingerprint density at radius 2 is 2.16 bits per heavy atom. The van der Waals surface area contributed by atoms with Gasteiger partial charge in [0.15, 0.2) is 0 Å². The Balaban J connectivity index is 1.77. The van der Waals surface area contributed by atoms with Gasteiger partial charge in [-0.25, -0.2) is 0 Å². The van der Waals surface area contributed by atoms with Crippen LogP contribution in [0.1, 0.15) is 12.1 Å². The summed E-state index contributed by atoms with van der Waals surface area (Å²) >= 11 is 0. The molecule has 0 aliphatic rings. The third-order valence-electron chi connectivity index (χ3n) is 2.57. The fraction of sp³-hybridized carbons (Fsp3) is 0.286. The van der Waals surface area contributed by atoms with E-state index in [4.69, 9.17) is 4.74 Å². The van der Waals surface area contributed by atoms with E-state index in [0.717, 1.165) is 24.3 Å². The lowest BCUT2D eigenvalue weighted by atomic mass is 10.3. The summed E-state index contributed by atoms with van der Waals surface area (Å²) in [6.45, 7) is 5.77. The third kappa shape index (κ3) is 4.22. The molecule has 0 saturated heterocycles. The average molecular weight is 258 g/mol. The fourth-order valence-corrected chi connectivity index (χ4v) is 1.64. The minimum atomic E-state index is 0.688. The second kappa shape index (κ2) is 7.33. The van der Waals surface area contributed by atoms with E-state index < -0.39 is 0 Å². The molecule has 0 bridgehead atoms. The minimum absolute atomic E-state index is 0.688. The molecule has 19 heavy (non-hydrogen) atoms. The molecule has 1 heterocycles. The number of benzene rings is 1. The second-order valence-electron chi connectivity index (χ2n) is 4.03. The van der Waals surface area contributed by atoms with Crippen LogP contribution in [0, 0.1) is 0 Å². The van der Waals surface area contributed by atoms with E-state index in [9.17, 15) is 0 Å². The zero-order valence-electron chi connectivity index (χ0n) is 10.8. The number of nitrogens with one attached hydrogen (secondary N) is 1. The maximum absolute atomic E-state index is 5.04. The van der Waals surface area contributed by atoms with Gasteiger partial charge in [-0.15, -0.1) is 0 Å². The molecular weight excluding hydrogens is 240 g/mol. The van der Waals surface area contributed by atoms with Crippen LogP contribution in [0.15, 0.2) is 49.4 Å². The van der Waals surface area contributed by atoms with Crippen LogP contribution in [-0.2, 0) is 11.3 Å². The normalized spacial score (nSPS) is 10.3. The van der Waals surface area contributed by atoms with Crippen LogP contribution in [0.5, 0.6) is 0 Å². The Hall–Kier alpha value is -2.14. The van der Waals surface area contributed by atoms with Gasteiger partial charge in [0.05, 0.1) is 30.4 Å². The molecule has 0 amide bonds. The molecule has 1 aromatic carbocycles. The average Bonchev–Trinajstić information content (AvgIpc) is 2.92. The molecule has 0 saturated carbocycles. The molecule has 0 aliphatic carbocycles. The summed E-state index contributed by atoms with van der Waals surface area (Å²) in [5, 5.41) is 11.9. The summed E-state index contributed by atoms with van der Waals surface area (Å²) in [5.74, 6) is 0. The number of para-hydroxylation sites is 1. The van der Waals surface area contributed by atoms with Crippen LogP contribution in [0.2, 0.25) is 0 Å². The van der Waals surface area contributed by atoms with Crippen molar-refractivity contribution in [3.05, 3.63) is 55.1 Å². The predicted molar refractivity (Wildman–Crippen MR) is 73.8 cm³/mol. The van der Waals surface area contributed by atoms with Gasteiger partial charge >= 0.3 is 0 Å². The largest absolute Gasteiger partial charge is 0.502 e. The van der Waals surface area contributed by atoms with Crippen LogP contribution < -0.4 is 5.32 Å². The van der Waals surface area contributed by atoms with E-state index in [2.05, 4.69) is 22.1 Å². The molecule has 0 fully saturated rings. The van der Waals surface area contributed by atoms with Crippen molar-refractivity contribution in [2.45, 2.75) is 13.0 Å². The van der Waals surface area contributed by atoms with Crippen molar-refractivity contribution in [1.82, 2.24) is 20.3 Å². The summed E-state index contributed by atoms with van der Waals surface area (Å²) in [4.78, 5) is 1.64. The van der Waals surface area contributed by atoms with Crippen molar-refractivity contribution in [2.24, 2.45) is 0 Å². The first-order valence-electron chi connectivity index (χ1n) is 6.30. The zero-order valence-corrected chi connectivity index (χ0v) is 10.8. The zero-order chi connectivity index (χ0) is 13.3. The van der Waals surface area contributed by atoms with Gasteiger partial charge in [-0.1, -0.05) is 24.8 Å². The number of aromatic nitrogens is 3. The summed E-state index contributed by atoms with van der Waals surface area (Å²) in [7, 11) is 0. The summed E-state index contributed by atoms with van der Waals surface area (Å²) in [6.07, 6.45) is 4.19. The van der Waals surface area contributed by atoms with Gasteiger partial charge in [-0.05, 0) is 25.1 Å². The monoisotopic (exact) mass is 258 g/mol. The van der Waals surface area contributed by atoms with Gasteiger partial charge in [-0.2, -0.15) is 15.0 Å². The van der Waals surface area contributed by atoms with E-state index in [-0.39, 0.29) is 0 Å². The Morgan fingerprint density at radius 3 is 2.95 bits per heavy atom. The third-order valence-corrected chi connectivity index (χ3v) is 2.57. The molecule has 0 radical (unpaired) electrons. The quantitative estimate of drug-likeness (QED) is 0.580. The first-order chi connectivity index (χ1) is 9.40. The molecule has 0 spiro atoms. The minimum Gasteiger partial charge on any atom is -0.502 e. The molecule has 0 unspecified atom stereocenters. The number of rotatable bonds is 8. The van der Waals surface area contributed by atoms with Gasteiger partial charge in [0.2, 0.25) is 0 Å². The van der Waals surface area contributed by atoms with Crippen molar-refractivity contribution in [1.29, 1.82) is 0 Å². The Kier molecular flexibility index (Phi) is 5.13. The summed E-state index contributed by atoms with van der Waals surface area (Å²) < 4.78 is 5.04. The maximum atomic E-state index is 5.04. The second-order valence-corrected chi connectivity index (χ2v) is 4.03. The SMILES string of the molecule is C=COCCCNCc1cnn(-c2ccccc2)n1. The van der Waals surface area contributed by atoms with Gasteiger partial charge in [-0.3, -0.25) is 0 Å². The standard InChI is InChI=1S/C14H18N4O/c1-2-19-10-6-9-15-11-13-12-16-18(17-13)14-7-4-3-5-8-14/h2-5,7-8,12,15H,1,6,9-11H2. The van der Waals surface area contributed by atoms with Crippen molar-refractivity contribution in [3.63, 3.8) is 0 Å². The summed E-state index contributed by atoms with van der Waals surface area (Å²) in [6, 6.07) is 9.86. The lowest BCUT2D eigenvalue weighted by Gasteiger charge is -2.02. The van der Waals surface area contributed by atoms with E-state index in [1.165, 1.54) is 6.26 Å². The predicted octanol–water partition coefficient (Wildman–Crippen LogP) is 1.91. The van der Waals surface area contributed by atoms with E-state index in [0.29, 0.717) is 13.2 Å². The summed E-state index contributed by atoms with van der Waals surface area (Å²) in [5.41, 5.74) is 1.89. The Labute approximate surface area is 112 Å².